The molecule has 0 saturated carbocycles. The summed E-state index contributed by atoms with van der Waals surface area (Å²) in [5.74, 6) is 1.11. The summed E-state index contributed by atoms with van der Waals surface area (Å²) in [5.41, 5.74) is 7.14. The molecule has 1 atom stereocenters. The van der Waals surface area contributed by atoms with Gasteiger partial charge in [-0.05, 0) is 37.5 Å². The predicted octanol–water partition coefficient (Wildman–Crippen LogP) is 2.32. The van der Waals surface area contributed by atoms with Crippen molar-refractivity contribution in [1.82, 2.24) is 4.90 Å². The maximum absolute atomic E-state index is 5.98. The van der Waals surface area contributed by atoms with E-state index in [1.165, 1.54) is 4.90 Å². The first kappa shape index (κ1) is 11.6. The highest BCUT2D eigenvalue weighted by molar-refractivity contribution is 7.99. The van der Waals surface area contributed by atoms with E-state index in [0.29, 0.717) is 0 Å². The van der Waals surface area contributed by atoms with Gasteiger partial charge in [0.2, 0.25) is 0 Å². The number of nitrogens with zero attached hydrogens (tertiary/aromatic N) is 1. The molecule has 1 unspecified atom stereocenters. The van der Waals surface area contributed by atoms with Crippen LogP contribution in [0.1, 0.15) is 18.7 Å². The van der Waals surface area contributed by atoms with E-state index in [2.05, 4.69) is 31.2 Å². The first-order valence-corrected chi connectivity index (χ1v) is 5.78. The molecule has 78 valence electrons. The molecule has 0 saturated heterocycles. The predicted molar refractivity (Wildman–Crippen MR) is 63.5 cm³/mol. The van der Waals surface area contributed by atoms with Gasteiger partial charge in [0.1, 0.15) is 0 Å². The Morgan fingerprint density at radius 3 is 2.29 bits per heavy atom. The Kier molecular flexibility index (Phi) is 4.45. The molecule has 0 fully saturated rings. The van der Waals surface area contributed by atoms with Crippen LogP contribution in [-0.2, 0) is 0 Å². The fourth-order valence-corrected chi connectivity index (χ4v) is 1.89. The third-order valence-electron chi connectivity index (χ3n) is 2.09. The second-order valence-corrected chi connectivity index (χ2v) is 4.75. The summed E-state index contributed by atoms with van der Waals surface area (Å²) in [7, 11) is 3.97. The molecule has 0 aliphatic heterocycles. The van der Waals surface area contributed by atoms with E-state index in [9.17, 15) is 0 Å². The minimum atomic E-state index is -0.00400. The molecule has 2 nitrogen and oxygen atoms in total. The monoisotopic (exact) mass is 210 g/mol. The van der Waals surface area contributed by atoms with Gasteiger partial charge in [-0.1, -0.05) is 19.1 Å². The number of hydrogen-bond acceptors (Lipinski definition) is 3. The van der Waals surface area contributed by atoms with E-state index in [0.717, 1.165) is 11.3 Å². The van der Waals surface area contributed by atoms with Gasteiger partial charge in [-0.2, -0.15) is 0 Å². The first-order valence-electron chi connectivity index (χ1n) is 4.80. The van der Waals surface area contributed by atoms with Gasteiger partial charge in [0, 0.05) is 4.90 Å². The van der Waals surface area contributed by atoms with Gasteiger partial charge in [-0.3, -0.25) is 4.90 Å². The topological polar surface area (TPSA) is 29.3 Å². The van der Waals surface area contributed by atoms with E-state index >= 15 is 0 Å². The fraction of sp³-hybridized carbons (Fsp3) is 0.455. The van der Waals surface area contributed by atoms with Crippen molar-refractivity contribution in [2.24, 2.45) is 5.73 Å². The molecule has 0 amide bonds. The molecule has 0 aromatic heterocycles. The number of rotatable bonds is 4. The average Bonchev–Trinajstić information content (AvgIpc) is 2.18. The fourth-order valence-electron chi connectivity index (χ4n) is 1.23. The zero-order valence-electron chi connectivity index (χ0n) is 9.03. The molecule has 0 aliphatic rings. The van der Waals surface area contributed by atoms with Gasteiger partial charge < -0.3 is 5.73 Å². The lowest BCUT2D eigenvalue weighted by atomic mass is 10.2. The van der Waals surface area contributed by atoms with Crippen molar-refractivity contribution in [2.45, 2.75) is 18.0 Å². The Hall–Kier alpha value is -0.510. The highest BCUT2D eigenvalue weighted by Gasteiger charge is 2.06. The lowest BCUT2D eigenvalue weighted by molar-refractivity contribution is 0.307. The molecule has 14 heavy (non-hydrogen) atoms. The summed E-state index contributed by atoms with van der Waals surface area (Å²) in [6.45, 7) is 2.16. The maximum Gasteiger partial charge on any atom is 0.0830 e. The molecule has 2 N–H and O–H groups in total. The van der Waals surface area contributed by atoms with Crippen molar-refractivity contribution >= 4 is 11.8 Å². The van der Waals surface area contributed by atoms with Crippen LogP contribution in [0.3, 0.4) is 0 Å². The van der Waals surface area contributed by atoms with Crippen molar-refractivity contribution in [1.29, 1.82) is 0 Å². The van der Waals surface area contributed by atoms with E-state index in [1.807, 2.05) is 30.8 Å². The normalized spacial score (nSPS) is 13.2. The van der Waals surface area contributed by atoms with E-state index in [4.69, 9.17) is 5.73 Å². The minimum absolute atomic E-state index is 0.00400. The largest absolute Gasteiger partial charge is 0.312 e. The molecule has 0 heterocycles. The quantitative estimate of drug-likeness (QED) is 0.611. The Balaban J connectivity index is 2.72. The minimum Gasteiger partial charge on any atom is -0.312 e. The summed E-state index contributed by atoms with van der Waals surface area (Å²) < 4.78 is 0. The lowest BCUT2D eigenvalue weighted by Gasteiger charge is -2.19. The van der Waals surface area contributed by atoms with E-state index in [1.54, 1.807) is 0 Å². The summed E-state index contributed by atoms with van der Waals surface area (Å²) in [4.78, 5) is 3.31. The van der Waals surface area contributed by atoms with Gasteiger partial charge in [-0.25, -0.2) is 0 Å². The molecule has 1 aromatic rings. The lowest BCUT2D eigenvalue weighted by Crippen LogP contribution is -2.27. The number of thioether (sulfide) groups is 1. The molecule has 1 aromatic carbocycles. The first-order chi connectivity index (χ1) is 6.65. The third-order valence-corrected chi connectivity index (χ3v) is 2.98. The summed E-state index contributed by atoms with van der Waals surface area (Å²) in [6.07, 6.45) is -0.00400. The Morgan fingerprint density at radius 2 is 1.86 bits per heavy atom. The molecule has 0 radical (unpaired) electrons. The molecular formula is C11H18N2S. The molecule has 3 heteroatoms. The van der Waals surface area contributed by atoms with Crippen LogP contribution in [0, 0.1) is 0 Å². The van der Waals surface area contributed by atoms with Gasteiger partial charge in [-0.15, -0.1) is 11.8 Å². The summed E-state index contributed by atoms with van der Waals surface area (Å²) in [6, 6.07) is 8.46. The van der Waals surface area contributed by atoms with Crippen LogP contribution in [0.25, 0.3) is 0 Å². The third kappa shape index (κ3) is 3.01. The second kappa shape index (κ2) is 5.39. The zero-order valence-corrected chi connectivity index (χ0v) is 9.84. The van der Waals surface area contributed by atoms with Gasteiger partial charge in [0.25, 0.3) is 0 Å². The Bertz CT molecular complexity index is 269. The van der Waals surface area contributed by atoms with Gasteiger partial charge in [0.15, 0.2) is 0 Å². The second-order valence-electron chi connectivity index (χ2n) is 3.41. The van der Waals surface area contributed by atoms with Crippen LogP contribution < -0.4 is 5.73 Å². The number of benzene rings is 1. The van der Waals surface area contributed by atoms with Gasteiger partial charge in [0.05, 0.1) is 6.17 Å². The van der Waals surface area contributed by atoms with Crippen LogP contribution in [0.5, 0.6) is 0 Å². The highest BCUT2D eigenvalue weighted by Crippen LogP contribution is 2.20. The highest BCUT2D eigenvalue weighted by atomic mass is 32.2. The van der Waals surface area contributed by atoms with Crippen LogP contribution in [0.2, 0.25) is 0 Å². The standard InChI is InChI=1S/C11H18N2S/c1-4-14-10-7-5-9(6-8-10)11(12)13(2)3/h5-8,11H,4,12H2,1-3H3. The number of hydrogen-bond donors (Lipinski definition) is 1. The van der Waals surface area contributed by atoms with Crippen LogP contribution in [0.4, 0.5) is 0 Å². The molecule has 1 rings (SSSR count). The smallest absolute Gasteiger partial charge is 0.0830 e. The molecular weight excluding hydrogens is 192 g/mol. The van der Waals surface area contributed by atoms with Crippen molar-refractivity contribution in [3.8, 4) is 0 Å². The van der Waals surface area contributed by atoms with Crippen LogP contribution in [0.15, 0.2) is 29.2 Å². The van der Waals surface area contributed by atoms with E-state index in [-0.39, 0.29) is 6.17 Å². The van der Waals surface area contributed by atoms with Crippen molar-refractivity contribution in [3.63, 3.8) is 0 Å². The van der Waals surface area contributed by atoms with Crippen molar-refractivity contribution < 1.29 is 0 Å². The summed E-state index contributed by atoms with van der Waals surface area (Å²) in [5, 5.41) is 0. The van der Waals surface area contributed by atoms with Crippen LogP contribution in [-0.4, -0.2) is 24.7 Å². The number of nitrogens with two attached hydrogens (primary N) is 1. The van der Waals surface area contributed by atoms with Crippen molar-refractivity contribution in [2.75, 3.05) is 19.8 Å². The van der Waals surface area contributed by atoms with Gasteiger partial charge >= 0.3 is 0 Å². The van der Waals surface area contributed by atoms with E-state index < -0.39 is 0 Å². The molecule has 0 spiro atoms. The molecule has 0 bridgehead atoms. The molecule has 0 aliphatic carbocycles. The van der Waals surface area contributed by atoms with Crippen LogP contribution >= 0.6 is 11.8 Å². The SMILES string of the molecule is CCSc1ccc(C(N)N(C)C)cc1. The Morgan fingerprint density at radius 1 is 1.29 bits per heavy atom. The summed E-state index contributed by atoms with van der Waals surface area (Å²) >= 11 is 1.85. The zero-order chi connectivity index (χ0) is 10.6. The van der Waals surface area contributed by atoms with Crippen molar-refractivity contribution in [3.05, 3.63) is 29.8 Å². The average molecular weight is 210 g/mol. The maximum atomic E-state index is 5.98. The Labute approximate surface area is 90.5 Å².